The Morgan fingerprint density at radius 1 is 1.86 bits per heavy atom. The SMILES string of the molecule is N#CNC(=O)Cn1cc([N+](=O)[O-])cn1. The molecule has 1 aromatic rings. The molecule has 0 aliphatic heterocycles. The topological polar surface area (TPSA) is 114 Å². The molecule has 0 aliphatic rings. The van der Waals surface area contributed by atoms with E-state index in [4.69, 9.17) is 5.26 Å². The Kier molecular flexibility index (Phi) is 2.75. The number of hydrogen-bond donors (Lipinski definition) is 1. The third kappa shape index (κ3) is 2.28. The van der Waals surface area contributed by atoms with Crippen LogP contribution in [0.5, 0.6) is 0 Å². The molecular formula is C6H5N5O3. The average molecular weight is 195 g/mol. The Labute approximate surface area is 77.9 Å². The molecule has 0 aromatic carbocycles. The second kappa shape index (κ2) is 3.99. The molecule has 1 N–H and O–H groups in total. The van der Waals surface area contributed by atoms with Crippen LogP contribution in [0.3, 0.4) is 0 Å². The summed E-state index contributed by atoms with van der Waals surface area (Å²) >= 11 is 0. The molecule has 8 nitrogen and oxygen atoms in total. The molecule has 8 heteroatoms. The van der Waals surface area contributed by atoms with E-state index in [9.17, 15) is 14.9 Å². The van der Waals surface area contributed by atoms with Gasteiger partial charge in [0.2, 0.25) is 0 Å². The van der Waals surface area contributed by atoms with Crippen LogP contribution < -0.4 is 5.32 Å². The summed E-state index contributed by atoms with van der Waals surface area (Å²) < 4.78 is 1.07. The number of amides is 1. The van der Waals surface area contributed by atoms with Crippen molar-refractivity contribution in [2.75, 3.05) is 0 Å². The second-order valence-corrected chi connectivity index (χ2v) is 2.31. The first-order chi connectivity index (χ1) is 6.63. The summed E-state index contributed by atoms with van der Waals surface area (Å²) in [6.07, 6.45) is 3.58. The van der Waals surface area contributed by atoms with E-state index in [1.54, 1.807) is 0 Å². The van der Waals surface area contributed by atoms with E-state index >= 15 is 0 Å². The first kappa shape index (κ1) is 9.66. The summed E-state index contributed by atoms with van der Waals surface area (Å²) in [6, 6.07) is 0. The van der Waals surface area contributed by atoms with Crippen LogP contribution in [0.15, 0.2) is 12.4 Å². The lowest BCUT2D eigenvalue weighted by atomic mass is 10.5. The van der Waals surface area contributed by atoms with Crippen molar-refractivity contribution in [1.29, 1.82) is 5.26 Å². The Morgan fingerprint density at radius 3 is 3.07 bits per heavy atom. The largest absolute Gasteiger partial charge is 0.307 e. The quantitative estimate of drug-likeness (QED) is 0.299. The van der Waals surface area contributed by atoms with Crippen LogP contribution in [0.2, 0.25) is 0 Å². The van der Waals surface area contributed by atoms with Crippen molar-refractivity contribution in [2.45, 2.75) is 6.54 Å². The number of aromatic nitrogens is 2. The zero-order valence-electron chi connectivity index (χ0n) is 6.88. The molecule has 0 spiro atoms. The van der Waals surface area contributed by atoms with Crippen molar-refractivity contribution in [3.05, 3.63) is 22.5 Å². The number of nitriles is 1. The fourth-order valence-electron chi connectivity index (χ4n) is 0.782. The maximum Gasteiger partial charge on any atom is 0.307 e. The lowest BCUT2D eigenvalue weighted by Gasteiger charge is -1.95. The molecule has 14 heavy (non-hydrogen) atoms. The van der Waals surface area contributed by atoms with Gasteiger partial charge in [0.1, 0.15) is 18.9 Å². The minimum absolute atomic E-state index is 0.199. The fourth-order valence-corrected chi connectivity index (χ4v) is 0.782. The first-order valence-corrected chi connectivity index (χ1v) is 3.48. The molecule has 0 saturated heterocycles. The van der Waals surface area contributed by atoms with Gasteiger partial charge in [0.15, 0.2) is 6.19 Å². The lowest BCUT2D eigenvalue weighted by Crippen LogP contribution is -2.23. The number of nitro groups is 1. The Hall–Kier alpha value is -2.43. The number of carbonyl (C=O) groups is 1. The maximum absolute atomic E-state index is 10.8. The standard InChI is InChI=1S/C6H5N5O3/c7-4-8-6(12)3-10-2-5(1-9-10)11(13)14/h1-2H,3H2,(H,8,12). The van der Waals surface area contributed by atoms with E-state index in [1.165, 1.54) is 6.19 Å². The highest BCUT2D eigenvalue weighted by molar-refractivity contribution is 5.77. The van der Waals surface area contributed by atoms with Crippen molar-refractivity contribution in [2.24, 2.45) is 0 Å². The number of nitrogens with zero attached hydrogens (tertiary/aromatic N) is 4. The van der Waals surface area contributed by atoms with Gasteiger partial charge in [0, 0.05) is 0 Å². The van der Waals surface area contributed by atoms with E-state index < -0.39 is 10.8 Å². The summed E-state index contributed by atoms with van der Waals surface area (Å²) in [4.78, 5) is 20.4. The van der Waals surface area contributed by atoms with Crippen LogP contribution in [-0.4, -0.2) is 20.6 Å². The maximum atomic E-state index is 10.8. The van der Waals surface area contributed by atoms with E-state index in [-0.39, 0.29) is 12.2 Å². The lowest BCUT2D eigenvalue weighted by molar-refractivity contribution is -0.385. The minimum Gasteiger partial charge on any atom is -0.272 e. The Bertz CT molecular complexity index is 404. The predicted molar refractivity (Wildman–Crippen MR) is 42.6 cm³/mol. The molecular weight excluding hydrogens is 190 g/mol. The molecule has 1 heterocycles. The van der Waals surface area contributed by atoms with Crippen LogP contribution in [-0.2, 0) is 11.3 Å². The van der Waals surface area contributed by atoms with Crippen LogP contribution in [0.1, 0.15) is 0 Å². The molecule has 1 rings (SSSR count). The second-order valence-electron chi connectivity index (χ2n) is 2.31. The van der Waals surface area contributed by atoms with Gasteiger partial charge >= 0.3 is 5.69 Å². The third-order valence-corrected chi connectivity index (χ3v) is 1.33. The van der Waals surface area contributed by atoms with Gasteiger partial charge in [-0.1, -0.05) is 0 Å². The number of nitrogens with one attached hydrogen (secondary N) is 1. The number of rotatable bonds is 3. The van der Waals surface area contributed by atoms with Crippen molar-refractivity contribution in [1.82, 2.24) is 15.1 Å². The fraction of sp³-hybridized carbons (Fsp3) is 0.167. The molecule has 0 unspecified atom stereocenters. The molecule has 72 valence electrons. The van der Waals surface area contributed by atoms with E-state index in [1.807, 2.05) is 5.32 Å². The van der Waals surface area contributed by atoms with Crippen molar-refractivity contribution in [3.63, 3.8) is 0 Å². The molecule has 0 atom stereocenters. The van der Waals surface area contributed by atoms with Gasteiger partial charge in [0.05, 0.1) is 4.92 Å². The zero-order valence-corrected chi connectivity index (χ0v) is 6.88. The molecule has 0 bridgehead atoms. The zero-order chi connectivity index (χ0) is 10.6. The van der Waals surface area contributed by atoms with Crippen LogP contribution >= 0.6 is 0 Å². The molecule has 0 fully saturated rings. The highest BCUT2D eigenvalue weighted by Gasteiger charge is 2.10. The minimum atomic E-state index is -0.619. The molecule has 0 aliphatic carbocycles. The van der Waals surface area contributed by atoms with Gasteiger partial charge in [0.25, 0.3) is 5.91 Å². The first-order valence-electron chi connectivity index (χ1n) is 3.48. The van der Waals surface area contributed by atoms with E-state index in [0.717, 1.165) is 17.1 Å². The molecule has 0 saturated carbocycles. The molecule has 1 amide bonds. The Balaban J connectivity index is 2.65. The number of hydrogen-bond acceptors (Lipinski definition) is 5. The highest BCUT2D eigenvalue weighted by Crippen LogP contribution is 2.06. The van der Waals surface area contributed by atoms with Gasteiger partial charge < -0.3 is 0 Å². The summed E-state index contributed by atoms with van der Waals surface area (Å²) in [5.74, 6) is -0.578. The third-order valence-electron chi connectivity index (χ3n) is 1.33. The van der Waals surface area contributed by atoms with Crippen molar-refractivity contribution >= 4 is 11.6 Å². The molecule has 0 radical (unpaired) electrons. The van der Waals surface area contributed by atoms with Crippen LogP contribution in [0, 0.1) is 21.6 Å². The predicted octanol–water partition coefficient (Wildman–Crippen LogP) is -0.611. The van der Waals surface area contributed by atoms with E-state index in [0.29, 0.717) is 0 Å². The summed E-state index contributed by atoms with van der Waals surface area (Å²) in [5, 5.41) is 23.7. The van der Waals surface area contributed by atoms with Crippen molar-refractivity contribution in [3.8, 4) is 6.19 Å². The van der Waals surface area contributed by atoms with Gasteiger partial charge in [-0.15, -0.1) is 0 Å². The monoisotopic (exact) mass is 195 g/mol. The van der Waals surface area contributed by atoms with E-state index in [2.05, 4.69) is 5.10 Å². The number of carbonyl (C=O) groups excluding carboxylic acids is 1. The van der Waals surface area contributed by atoms with Crippen LogP contribution in [0.4, 0.5) is 5.69 Å². The molecule has 1 aromatic heterocycles. The Morgan fingerprint density at radius 2 is 2.57 bits per heavy atom. The van der Waals surface area contributed by atoms with Crippen LogP contribution in [0.25, 0.3) is 0 Å². The van der Waals surface area contributed by atoms with Gasteiger partial charge in [-0.3, -0.25) is 24.9 Å². The van der Waals surface area contributed by atoms with Crippen molar-refractivity contribution < 1.29 is 9.72 Å². The smallest absolute Gasteiger partial charge is 0.272 e. The van der Waals surface area contributed by atoms with Gasteiger partial charge in [-0.25, -0.2) is 0 Å². The van der Waals surface area contributed by atoms with Gasteiger partial charge in [-0.05, 0) is 0 Å². The van der Waals surface area contributed by atoms with Gasteiger partial charge in [-0.2, -0.15) is 10.4 Å². The summed E-state index contributed by atoms with van der Waals surface area (Å²) in [6.45, 7) is -0.221. The normalized spacial score (nSPS) is 9.07. The average Bonchev–Trinajstić information content (AvgIpc) is 2.53. The summed E-state index contributed by atoms with van der Waals surface area (Å²) in [7, 11) is 0. The highest BCUT2D eigenvalue weighted by atomic mass is 16.6. The summed E-state index contributed by atoms with van der Waals surface area (Å²) in [5.41, 5.74) is -0.199.